The van der Waals surface area contributed by atoms with Crippen molar-refractivity contribution < 1.29 is 27.9 Å². The van der Waals surface area contributed by atoms with Crippen LogP contribution in [0.15, 0.2) is 12.1 Å². The molecule has 4 nitrogen and oxygen atoms in total. The number of likely N-dealkylation sites (tertiary alicyclic amines) is 1. The van der Waals surface area contributed by atoms with Gasteiger partial charge >= 0.3 is 5.97 Å². The van der Waals surface area contributed by atoms with Gasteiger partial charge in [-0.15, -0.1) is 0 Å². The maximum atomic E-state index is 13.5. The molecule has 0 bridgehead atoms. The number of carbonyl (C=O) groups is 2. The van der Waals surface area contributed by atoms with Crippen LogP contribution in [0.2, 0.25) is 0 Å². The van der Waals surface area contributed by atoms with Crippen LogP contribution >= 0.6 is 0 Å². The number of carboxylic acid groups (broad SMARTS) is 1. The average Bonchev–Trinajstić information content (AvgIpc) is 2.78. The van der Waals surface area contributed by atoms with E-state index in [2.05, 4.69) is 0 Å². The van der Waals surface area contributed by atoms with E-state index < -0.39 is 40.3 Å². The molecule has 1 atom stereocenters. The van der Waals surface area contributed by atoms with E-state index >= 15 is 0 Å². The second-order valence-corrected chi connectivity index (χ2v) is 5.06. The number of nitrogens with zero attached hydrogens (tertiary/aromatic N) is 1. The minimum Gasteiger partial charge on any atom is -0.481 e. The number of carbonyl (C=O) groups excluding carboxylic acids is 1. The fourth-order valence-corrected chi connectivity index (χ4v) is 2.19. The van der Waals surface area contributed by atoms with Crippen molar-refractivity contribution in [1.82, 2.24) is 4.90 Å². The van der Waals surface area contributed by atoms with E-state index in [9.17, 15) is 22.8 Å². The predicted molar refractivity (Wildman–Crippen MR) is 62.6 cm³/mol. The summed E-state index contributed by atoms with van der Waals surface area (Å²) in [4.78, 5) is 24.1. The van der Waals surface area contributed by atoms with Gasteiger partial charge in [-0.05, 0) is 25.5 Å². The van der Waals surface area contributed by atoms with Crippen molar-refractivity contribution in [3.05, 3.63) is 35.1 Å². The Morgan fingerprint density at radius 1 is 1.25 bits per heavy atom. The van der Waals surface area contributed by atoms with E-state index in [-0.39, 0.29) is 19.5 Å². The molecular formula is C13H12F3NO3. The molecule has 7 heteroatoms. The maximum Gasteiger partial charge on any atom is 0.311 e. The lowest BCUT2D eigenvalue weighted by Crippen LogP contribution is -2.35. The highest BCUT2D eigenvalue weighted by Gasteiger charge is 2.43. The Balaban J connectivity index is 2.31. The summed E-state index contributed by atoms with van der Waals surface area (Å²) < 4.78 is 40.1. The Morgan fingerprint density at radius 3 is 2.40 bits per heavy atom. The van der Waals surface area contributed by atoms with E-state index in [1.54, 1.807) is 0 Å². The smallest absolute Gasteiger partial charge is 0.311 e. The second-order valence-electron chi connectivity index (χ2n) is 5.06. The molecule has 0 radical (unpaired) electrons. The molecule has 1 heterocycles. The minimum atomic E-state index is -1.56. The zero-order chi connectivity index (χ0) is 15.1. The van der Waals surface area contributed by atoms with E-state index in [0.717, 1.165) is 4.90 Å². The first-order chi connectivity index (χ1) is 9.26. The van der Waals surface area contributed by atoms with Gasteiger partial charge in [-0.1, -0.05) is 0 Å². The molecule has 0 aromatic heterocycles. The molecular weight excluding hydrogens is 275 g/mol. The van der Waals surface area contributed by atoms with Crippen molar-refractivity contribution in [1.29, 1.82) is 0 Å². The van der Waals surface area contributed by atoms with Gasteiger partial charge in [0, 0.05) is 13.1 Å². The lowest BCUT2D eigenvalue weighted by atomic mass is 9.90. The van der Waals surface area contributed by atoms with Crippen molar-refractivity contribution in [2.45, 2.75) is 13.3 Å². The van der Waals surface area contributed by atoms with Gasteiger partial charge in [0.1, 0.15) is 11.4 Å². The molecule has 108 valence electrons. The molecule has 0 spiro atoms. The van der Waals surface area contributed by atoms with Crippen LogP contribution in [0, 0.1) is 22.9 Å². The molecule has 20 heavy (non-hydrogen) atoms. The van der Waals surface area contributed by atoms with Gasteiger partial charge in [0.15, 0.2) is 11.6 Å². The van der Waals surface area contributed by atoms with Crippen LogP contribution in [0.5, 0.6) is 0 Å². The third kappa shape index (κ3) is 2.23. The van der Waals surface area contributed by atoms with Crippen molar-refractivity contribution in [2.75, 3.05) is 13.1 Å². The van der Waals surface area contributed by atoms with Crippen LogP contribution in [-0.4, -0.2) is 35.0 Å². The molecule has 1 fully saturated rings. The summed E-state index contributed by atoms with van der Waals surface area (Å²) in [5.74, 6) is -6.18. The Hall–Kier alpha value is -2.05. The summed E-state index contributed by atoms with van der Waals surface area (Å²) in [5.41, 5.74) is -2.14. The average molecular weight is 287 g/mol. The molecule has 0 aliphatic carbocycles. The number of halogens is 3. The first kappa shape index (κ1) is 14.4. The summed E-state index contributed by atoms with van der Waals surface area (Å²) >= 11 is 0. The van der Waals surface area contributed by atoms with Gasteiger partial charge in [0.2, 0.25) is 0 Å². The van der Waals surface area contributed by atoms with E-state index in [4.69, 9.17) is 5.11 Å². The number of hydrogen-bond donors (Lipinski definition) is 1. The third-order valence-corrected chi connectivity index (χ3v) is 3.53. The van der Waals surface area contributed by atoms with Gasteiger partial charge in [0.25, 0.3) is 5.91 Å². The first-order valence-electron chi connectivity index (χ1n) is 5.92. The fourth-order valence-electron chi connectivity index (χ4n) is 2.19. The molecule has 1 aromatic carbocycles. The van der Waals surface area contributed by atoms with E-state index in [1.165, 1.54) is 6.92 Å². The molecule has 2 rings (SSSR count). The highest BCUT2D eigenvalue weighted by atomic mass is 19.2. The highest BCUT2D eigenvalue weighted by Crippen LogP contribution is 2.31. The van der Waals surface area contributed by atoms with Crippen LogP contribution in [0.25, 0.3) is 0 Å². The van der Waals surface area contributed by atoms with Crippen molar-refractivity contribution in [3.63, 3.8) is 0 Å². The lowest BCUT2D eigenvalue weighted by molar-refractivity contribution is -0.147. The standard InChI is InChI=1S/C13H12F3NO3/c1-13(12(19)20)4-5-17(6-13)11(18)9-7(14)2-3-8(15)10(9)16/h2-3H,4-6H2,1H3,(H,19,20). The SMILES string of the molecule is CC1(C(=O)O)CCN(C(=O)c2c(F)ccc(F)c2F)C1. The first-order valence-corrected chi connectivity index (χ1v) is 5.92. The van der Waals surface area contributed by atoms with E-state index in [0.29, 0.717) is 12.1 Å². The topological polar surface area (TPSA) is 57.6 Å². The van der Waals surface area contributed by atoms with Crippen molar-refractivity contribution in [3.8, 4) is 0 Å². The van der Waals surface area contributed by atoms with Gasteiger partial charge in [-0.3, -0.25) is 9.59 Å². The Bertz CT molecular complexity index is 590. The van der Waals surface area contributed by atoms with Gasteiger partial charge in [0.05, 0.1) is 5.41 Å². The van der Waals surface area contributed by atoms with Crippen LogP contribution in [0.3, 0.4) is 0 Å². The highest BCUT2D eigenvalue weighted by molar-refractivity contribution is 5.95. The van der Waals surface area contributed by atoms with E-state index in [1.807, 2.05) is 0 Å². The summed E-state index contributed by atoms with van der Waals surface area (Å²) in [6, 6.07) is 1.25. The van der Waals surface area contributed by atoms with Gasteiger partial charge < -0.3 is 10.0 Å². The van der Waals surface area contributed by atoms with Gasteiger partial charge in [-0.2, -0.15) is 0 Å². The minimum absolute atomic E-state index is 0.0526. The summed E-state index contributed by atoms with van der Waals surface area (Å²) in [7, 11) is 0. The number of aliphatic carboxylic acids is 1. The lowest BCUT2D eigenvalue weighted by Gasteiger charge is -2.20. The molecule has 1 N–H and O–H groups in total. The Labute approximate surface area is 112 Å². The van der Waals surface area contributed by atoms with Crippen LogP contribution in [0.1, 0.15) is 23.7 Å². The monoisotopic (exact) mass is 287 g/mol. The molecule has 1 unspecified atom stereocenters. The second kappa shape index (κ2) is 4.81. The number of rotatable bonds is 2. The zero-order valence-corrected chi connectivity index (χ0v) is 10.6. The fraction of sp³-hybridized carbons (Fsp3) is 0.385. The molecule has 1 amide bonds. The summed E-state index contributed by atoms with van der Waals surface area (Å²) in [6.45, 7) is 1.33. The normalized spacial score (nSPS) is 22.1. The number of carboxylic acids is 1. The van der Waals surface area contributed by atoms with Crippen molar-refractivity contribution in [2.24, 2.45) is 5.41 Å². The third-order valence-electron chi connectivity index (χ3n) is 3.53. The van der Waals surface area contributed by atoms with Crippen LogP contribution in [-0.2, 0) is 4.79 Å². The maximum absolute atomic E-state index is 13.5. The van der Waals surface area contributed by atoms with Crippen molar-refractivity contribution >= 4 is 11.9 Å². The summed E-state index contributed by atoms with van der Waals surface area (Å²) in [6.07, 6.45) is 0.173. The molecule has 1 aliphatic heterocycles. The predicted octanol–water partition coefficient (Wildman–Crippen LogP) is 2.04. The Morgan fingerprint density at radius 2 is 1.85 bits per heavy atom. The number of benzene rings is 1. The van der Waals surface area contributed by atoms with Gasteiger partial charge in [-0.25, -0.2) is 13.2 Å². The van der Waals surface area contributed by atoms with Crippen LogP contribution < -0.4 is 0 Å². The number of hydrogen-bond acceptors (Lipinski definition) is 2. The largest absolute Gasteiger partial charge is 0.481 e. The molecule has 1 aliphatic rings. The molecule has 1 saturated heterocycles. The zero-order valence-electron chi connectivity index (χ0n) is 10.6. The summed E-state index contributed by atoms with van der Waals surface area (Å²) in [5, 5.41) is 9.05. The Kier molecular flexibility index (Phi) is 3.45. The molecule has 0 saturated carbocycles. The number of amides is 1. The quantitative estimate of drug-likeness (QED) is 0.847. The van der Waals surface area contributed by atoms with Crippen LogP contribution in [0.4, 0.5) is 13.2 Å². The molecule has 1 aromatic rings.